The number of alkyl halides is 3. The average molecular weight is 635 g/mol. The second-order valence-electron chi connectivity index (χ2n) is 10.5. The van der Waals surface area contributed by atoms with Gasteiger partial charge >= 0.3 is 6.18 Å². The number of nitrogens with one attached hydrogen (secondary N) is 1. The standard InChI is InChI=1S/C30H30ClF3N4O6/c1-37(2)20-14-38(15-20)29(40)23(17-41-16-18-5-7-25-26(12-18)43-11-10-42-25)36-27(39)21-4-3-9-35-28(21)44-24-8-6-19(13-22(24)31)30(32,33)34/h3-9,12-13,20,23H,10-11,14-17H2,1-2H3,(H,36,39). The largest absolute Gasteiger partial charge is 0.486 e. The summed E-state index contributed by atoms with van der Waals surface area (Å²) in [6.45, 7) is 1.91. The first-order valence-corrected chi connectivity index (χ1v) is 14.1. The van der Waals surface area contributed by atoms with Crippen molar-refractivity contribution in [1.82, 2.24) is 20.1 Å². The average Bonchev–Trinajstić information content (AvgIpc) is 2.96. The fourth-order valence-electron chi connectivity index (χ4n) is 4.57. The van der Waals surface area contributed by atoms with E-state index in [1.165, 1.54) is 18.3 Å². The molecule has 1 fully saturated rings. The van der Waals surface area contributed by atoms with E-state index in [-0.39, 0.29) is 47.4 Å². The van der Waals surface area contributed by atoms with Gasteiger partial charge in [0, 0.05) is 25.3 Å². The molecule has 1 unspecified atom stereocenters. The third-order valence-corrected chi connectivity index (χ3v) is 7.44. The fourth-order valence-corrected chi connectivity index (χ4v) is 4.79. The predicted molar refractivity (Wildman–Crippen MR) is 153 cm³/mol. The van der Waals surface area contributed by atoms with Crippen LogP contribution in [0, 0.1) is 0 Å². The zero-order valence-corrected chi connectivity index (χ0v) is 24.7. The van der Waals surface area contributed by atoms with E-state index in [0.717, 1.165) is 23.8 Å². The summed E-state index contributed by atoms with van der Waals surface area (Å²) in [6, 6.07) is 10.0. The van der Waals surface area contributed by atoms with Crippen LogP contribution in [0.4, 0.5) is 13.2 Å². The lowest BCUT2D eigenvalue weighted by Crippen LogP contribution is -2.63. The SMILES string of the molecule is CN(C)C1CN(C(=O)C(COCc2ccc3c(c2)OCCO3)NC(=O)c2cccnc2Oc2ccc(C(F)(F)F)cc2Cl)C1. The number of rotatable bonds is 10. The summed E-state index contributed by atoms with van der Waals surface area (Å²) in [4.78, 5) is 34.6. The minimum atomic E-state index is -4.59. The Balaban J connectivity index is 1.29. The molecule has 2 aliphatic rings. The van der Waals surface area contributed by atoms with Crippen molar-refractivity contribution in [2.24, 2.45) is 0 Å². The van der Waals surface area contributed by atoms with Crippen molar-refractivity contribution in [2.75, 3.05) is 47.0 Å². The number of fused-ring (bicyclic) bond motifs is 1. The summed E-state index contributed by atoms with van der Waals surface area (Å²) < 4.78 is 61.9. The van der Waals surface area contributed by atoms with Crippen LogP contribution in [-0.4, -0.2) is 85.7 Å². The molecule has 10 nitrogen and oxygen atoms in total. The van der Waals surface area contributed by atoms with Gasteiger partial charge in [0.05, 0.1) is 23.8 Å². The number of pyridine rings is 1. The van der Waals surface area contributed by atoms with Gasteiger partial charge < -0.3 is 34.1 Å². The number of nitrogens with zero attached hydrogens (tertiary/aromatic N) is 3. The van der Waals surface area contributed by atoms with Gasteiger partial charge in [-0.25, -0.2) is 4.98 Å². The van der Waals surface area contributed by atoms with Gasteiger partial charge in [0.2, 0.25) is 11.8 Å². The van der Waals surface area contributed by atoms with Gasteiger partial charge in [-0.2, -0.15) is 13.2 Å². The molecule has 0 spiro atoms. The highest BCUT2D eigenvalue weighted by atomic mass is 35.5. The maximum Gasteiger partial charge on any atom is 0.416 e. The fraction of sp³-hybridized carbons (Fsp3) is 0.367. The Morgan fingerprint density at radius 1 is 1.11 bits per heavy atom. The molecule has 1 N–H and O–H groups in total. The van der Waals surface area contributed by atoms with E-state index in [9.17, 15) is 22.8 Å². The third-order valence-electron chi connectivity index (χ3n) is 7.15. The van der Waals surface area contributed by atoms with Crippen molar-refractivity contribution in [3.8, 4) is 23.1 Å². The summed E-state index contributed by atoms with van der Waals surface area (Å²) in [5.74, 6) is -0.103. The van der Waals surface area contributed by atoms with Crippen molar-refractivity contribution < 1.29 is 41.7 Å². The Morgan fingerprint density at radius 2 is 1.86 bits per heavy atom. The lowest BCUT2D eigenvalue weighted by atomic mass is 10.1. The van der Waals surface area contributed by atoms with Gasteiger partial charge in [-0.1, -0.05) is 17.7 Å². The lowest BCUT2D eigenvalue weighted by molar-refractivity contribution is -0.141. The highest BCUT2D eigenvalue weighted by molar-refractivity contribution is 6.32. The number of amides is 2. The number of benzene rings is 2. The maximum atomic E-state index is 13.5. The number of carbonyl (C=O) groups excluding carboxylic acids is 2. The van der Waals surface area contributed by atoms with Crippen molar-refractivity contribution >= 4 is 23.4 Å². The van der Waals surface area contributed by atoms with Crippen molar-refractivity contribution in [2.45, 2.75) is 24.9 Å². The molecule has 0 aliphatic carbocycles. The molecule has 3 heterocycles. The Labute approximate surface area is 256 Å². The highest BCUT2D eigenvalue weighted by Crippen LogP contribution is 2.37. The number of likely N-dealkylation sites (tertiary alicyclic amines) is 1. The molecule has 14 heteroatoms. The van der Waals surface area contributed by atoms with Crippen LogP contribution in [0.15, 0.2) is 54.7 Å². The summed E-state index contributed by atoms with van der Waals surface area (Å²) in [5, 5.41) is 2.40. The molecule has 5 rings (SSSR count). The molecule has 1 aromatic heterocycles. The first-order chi connectivity index (χ1) is 21.0. The number of halogens is 4. The van der Waals surface area contributed by atoms with Gasteiger partial charge in [-0.05, 0) is 62.1 Å². The van der Waals surface area contributed by atoms with E-state index in [2.05, 4.69) is 10.3 Å². The topological polar surface area (TPSA) is 102 Å². The quantitative estimate of drug-likeness (QED) is 0.350. The summed E-state index contributed by atoms with van der Waals surface area (Å²) >= 11 is 6.04. The van der Waals surface area contributed by atoms with Crippen LogP contribution < -0.4 is 19.5 Å². The molecule has 1 saturated heterocycles. The van der Waals surface area contributed by atoms with Crippen molar-refractivity contribution in [1.29, 1.82) is 0 Å². The predicted octanol–water partition coefficient (Wildman–Crippen LogP) is 4.40. The Bertz CT molecular complexity index is 1520. The van der Waals surface area contributed by atoms with Crippen LogP contribution in [0.25, 0.3) is 0 Å². The van der Waals surface area contributed by atoms with Crippen LogP contribution in [0.2, 0.25) is 5.02 Å². The number of carbonyl (C=O) groups is 2. The lowest BCUT2D eigenvalue weighted by Gasteiger charge is -2.44. The first-order valence-electron chi connectivity index (χ1n) is 13.7. The maximum absolute atomic E-state index is 13.5. The van der Waals surface area contributed by atoms with E-state index in [0.29, 0.717) is 37.8 Å². The van der Waals surface area contributed by atoms with Crippen LogP contribution in [0.1, 0.15) is 21.5 Å². The van der Waals surface area contributed by atoms with Crippen LogP contribution >= 0.6 is 11.6 Å². The third kappa shape index (κ3) is 7.34. The van der Waals surface area contributed by atoms with Gasteiger partial charge in [-0.15, -0.1) is 0 Å². The van der Waals surface area contributed by atoms with E-state index >= 15 is 0 Å². The molecule has 234 valence electrons. The highest BCUT2D eigenvalue weighted by Gasteiger charge is 2.37. The molecule has 2 aliphatic heterocycles. The van der Waals surface area contributed by atoms with Gasteiger partial charge in [0.1, 0.15) is 30.6 Å². The van der Waals surface area contributed by atoms with Crippen molar-refractivity contribution in [3.63, 3.8) is 0 Å². The van der Waals surface area contributed by atoms with Crippen molar-refractivity contribution in [3.05, 3.63) is 76.4 Å². The number of hydrogen-bond donors (Lipinski definition) is 1. The number of hydrogen-bond acceptors (Lipinski definition) is 8. The van der Waals surface area contributed by atoms with E-state index < -0.39 is 23.7 Å². The summed E-state index contributed by atoms with van der Waals surface area (Å²) in [6.07, 6.45) is -3.24. The molecule has 2 aromatic carbocycles. The zero-order chi connectivity index (χ0) is 31.4. The van der Waals surface area contributed by atoms with E-state index in [1.807, 2.05) is 25.1 Å². The number of ether oxygens (including phenoxy) is 4. The number of likely N-dealkylation sites (N-methyl/N-ethyl adjacent to an activating group) is 1. The zero-order valence-electron chi connectivity index (χ0n) is 23.9. The van der Waals surface area contributed by atoms with Crippen LogP contribution in [0.5, 0.6) is 23.1 Å². The number of aromatic nitrogens is 1. The van der Waals surface area contributed by atoms with Gasteiger partial charge in [0.25, 0.3) is 5.91 Å². The molecule has 1 atom stereocenters. The molecule has 2 amide bonds. The molecule has 0 radical (unpaired) electrons. The van der Waals surface area contributed by atoms with E-state index in [1.54, 1.807) is 17.0 Å². The molecule has 3 aromatic rings. The minimum absolute atomic E-state index is 0.0529. The molecular weight excluding hydrogens is 605 g/mol. The van der Waals surface area contributed by atoms with Gasteiger partial charge in [0.15, 0.2) is 11.5 Å². The Kier molecular flexibility index (Phi) is 9.47. The molecule has 0 bridgehead atoms. The second kappa shape index (κ2) is 13.3. The Hall–Kier alpha value is -4.07. The van der Waals surface area contributed by atoms with Gasteiger partial charge in [-0.3, -0.25) is 9.59 Å². The minimum Gasteiger partial charge on any atom is -0.486 e. The monoisotopic (exact) mass is 634 g/mol. The first kappa shape index (κ1) is 31.4. The molecule has 0 saturated carbocycles. The molecule has 44 heavy (non-hydrogen) atoms. The summed E-state index contributed by atoms with van der Waals surface area (Å²) in [7, 11) is 3.85. The normalized spacial score (nSPS) is 15.5. The second-order valence-corrected chi connectivity index (χ2v) is 10.9. The van der Waals surface area contributed by atoms with Crippen LogP contribution in [0.3, 0.4) is 0 Å². The summed E-state index contributed by atoms with van der Waals surface area (Å²) in [5.41, 5.74) is -0.212. The molecular formula is C30H30ClF3N4O6. The Morgan fingerprint density at radius 3 is 2.57 bits per heavy atom. The van der Waals surface area contributed by atoms with E-state index in [4.69, 9.17) is 30.5 Å². The van der Waals surface area contributed by atoms with Crippen LogP contribution in [-0.2, 0) is 22.3 Å². The smallest absolute Gasteiger partial charge is 0.416 e.